The molecule has 18 heavy (non-hydrogen) atoms. The van der Waals surface area contributed by atoms with Gasteiger partial charge in [0.15, 0.2) is 0 Å². The summed E-state index contributed by atoms with van der Waals surface area (Å²) in [6.45, 7) is 0. The van der Waals surface area contributed by atoms with Crippen LogP contribution < -0.4 is 0 Å². The molecule has 0 N–H and O–H groups in total. The van der Waals surface area contributed by atoms with Gasteiger partial charge in [-0.3, -0.25) is 0 Å². The molecular formula is C12H6ClF4N. The SMILES string of the molecule is Fc1ccc(-c2cc(C(F)(F)F)cnc2Cl)cc1. The zero-order chi connectivity index (χ0) is 13.3. The summed E-state index contributed by atoms with van der Waals surface area (Å²) in [5.41, 5.74) is -0.405. The number of hydrogen-bond acceptors (Lipinski definition) is 1. The molecule has 0 aliphatic carbocycles. The summed E-state index contributed by atoms with van der Waals surface area (Å²) in [7, 11) is 0. The van der Waals surface area contributed by atoms with Crippen molar-refractivity contribution in [1.29, 1.82) is 0 Å². The third kappa shape index (κ3) is 2.61. The highest BCUT2D eigenvalue weighted by Gasteiger charge is 2.31. The first-order valence-corrected chi connectivity index (χ1v) is 5.24. The Morgan fingerprint density at radius 2 is 1.67 bits per heavy atom. The quantitative estimate of drug-likeness (QED) is 0.549. The molecule has 0 spiro atoms. The molecule has 0 aliphatic rings. The monoisotopic (exact) mass is 275 g/mol. The molecule has 1 heterocycles. The molecule has 0 bridgehead atoms. The van der Waals surface area contributed by atoms with Gasteiger partial charge in [0, 0.05) is 11.8 Å². The van der Waals surface area contributed by atoms with E-state index in [-0.39, 0.29) is 10.7 Å². The number of alkyl halides is 3. The smallest absolute Gasteiger partial charge is 0.243 e. The second-order valence-corrected chi connectivity index (χ2v) is 3.93. The van der Waals surface area contributed by atoms with Gasteiger partial charge in [-0.25, -0.2) is 9.37 Å². The van der Waals surface area contributed by atoms with E-state index in [2.05, 4.69) is 4.98 Å². The summed E-state index contributed by atoms with van der Waals surface area (Å²) in [4.78, 5) is 3.50. The van der Waals surface area contributed by atoms with Gasteiger partial charge in [-0.1, -0.05) is 23.7 Å². The summed E-state index contributed by atoms with van der Waals surface area (Å²) in [6, 6.07) is 5.87. The maximum atomic E-state index is 12.7. The van der Waals surface area contributed by atoms with E-state index in [0.29, 0.717) is 11.8 Å². The Morgan fingerprint density at radius 1 is 1.06 bits per heavy atom. The summed E-state index contributed by atoms with van der Waals surface area (Å²) in [6.07, 6.45) is -3.83. The molecule has 0 saturated heterocycles. The number of rotatable bonds is 1. The van der Waals surface area contributed by atoms with Crippen LogP contribution in [0.1, 0.15) is 5.56 Å². The minimum Gasteiger partial charge on any atom is -0.243 e. The number of benzene rings is 1. The molecule has 0 atom stereocenters. The lowest BCUT2D eigenvalue weighted by molar-refractivity contribution is -0.137. The normalized spacial score (nSPS) is 11.6. The molecule has 94 valence electrons. The summed E-state index contributed by atoms with van der Waals surface area (Å²) in [5.74, 6) is -0.477. The van der Waals surface area contributed by atoms with Crippen molar-refractivity contribution in [2.45, 2.75) is 6.18 Å². The fourth-order valence-electron chi connectivity index (χ4n) is 1.43. The van der Waals surface area contributed by atoms with Gasteiger partial charge in [0.1, 0.15) is 11.0 Å². The Bertz CT molecular complexity index is 563. The van der Waals surface area contributed by atoms with Crippen molar-refractivity contribution in [2.75, 3.05) is 0 Å². The van der Waals surface area contributed by atoms with E-state index in [1.807, 2.05) is 0 Å². The summed E-state index contributed by atoms with van der Waals surface area (Å²) >= 11 is 5.75. The number of nitrogens with zero attached hydrogens (tertiary/aromatic N) is 1. The van der Waals surface area contributed by atoms with Gasteiger partial charge in [-0.05, 0) is 23.8 Å². The third-order valence-corrected chi connectivity index (χ3v) is 2.62. The number of halogens is 5. The van der Waals surface area contributed by atoms with Gasteiger partial charge >= 0.3 is 6.18 Å². The van der Waals surface area contributed by atoms with E-state index in [9.17, 15) is 17.6 Å². The Hall–Kier alpha value is -1.62. The van der Waals surface area contributed by atoms with E-state index >= 15 is 0 Å². The highest BCUT2D eigenvalue weighted by atomic mass is 35.5. The maximum absolute atomic E-state index is 12.7. The molecular weight excluding hydrogens is 270 g/mol. The topological polar surface area (TPSA) is 12.9 Å². The van der Waals surface area contributed by atoms with Crippen LogP contribution in [0.4, 0.5) is 17.6 Å². The third-order valence-electron chi connectivity index (χ3n) is 2.32. The summed E-state index contributed by atoms with van der Waals surface area (Å²) < 4.78 is 50.4. The van der Waals surface area contributed by atoms with Crippen LogP contribution in [-0.2, 0) is 6.18 Å². The number of pyridine rings is 1. The molecule has 6 heteroatoms. The van der Waals surface area contributed by atoms with Gasteiger partial charge < -0.3 is 0 Å². The van der Waals surface area contributed by atoms with Crippen LogP contribution in [0.3, 0.4) is 0 Å². The lowest BCUT2D eigenvalue weighted by Gasteiger charge is -2.09. The largest absolute Gasteiger partial charge is 0.417 e. The van der Waals surface area contributed by atoms with Crippen LogP contribution in [0.25, 0.3) is 11.1 Å². The van der Waals surface area contributed by atoms with Crippen molar-refractivity contribution < 1.29 is 17.6 Å². The van der Waals surface area contributed by atoms with Crippen LogP contribution in [0, 0.1) is 5.82 Å². The van der Waals surface area contributed by atoms with Gasteiger partial charge in [-0.2, -0.15) is 13.2 Å². The zero-order valence-electron chi connectivity index (χ0n) is 8.80. The van der Waals surface area contributed by atoms with Gasteiger partial charge in [-0.15, -0.1) is 0 Å². The minimum absolute atomic E-state index is 0.0605. The molecule has 0 saturated carbocycles. The standard InChI is InChI=1S/C12H6ClF4N/c13-11-10(7-1-3-9(14)4-2-7)5-8(6-18-11)12(15,16)17/h1-6H. The second-order valence-electron chi connectivity index (χ2n) is 3.57. The Labute approximate surface area is 105 Å². The van der Waals surface area contributed by atoms with Crippen LogP contribution in [-0.4, -0.2) is 4.98 Å². The highest BCUT2D eigenvalue weighted by Crippen LogP contribution is 2.34. The maximum Gasteiger partial charge on any atom is 0.417 e. The van der Waals surface area contributed by atoms with Crippen molar-refractivity contribution in [2.24, 2.45) is 0 Å². The van der Waals surface area contributed by atoms with Crippen molar-refractivity contribution in [3.8, 4) is 11.1 Å². The number of aromatic nitrogens is 1. The molecule has 0 amide bonds. The molecule has 2 aromatic rings. The van der Waals surface area contributed by atoms with Gasteiger partial charge in [0.25, 0.3) is 0 Å². The van der Waals surface area contributed by atoms with E-state index < -0.39 is 17.6 Å². The van der Waals surface area contributed by atoms with Crippen LogP contribution in [0.15, 0.2) is 36.5 Å². The van der Waals surface area contributed by atoms with E-state index in [1.54, 1.807) is 0 Å². The predicted molar refractivity (Wildman–Crippen MR) is 59.6 cm³/mol. The average molecular weight is 276 g/mol. The molecule has 0 unspecified atom stereocenters. The molecule has 0 aliphatic heterocycles. The second kappa shape index (κ2) is 4.57. The van der Waals surface area contributed by atoms with E-state index in [1.165, 1.54) is 12.1 Å². The summed E-state index contributed by atoms with van der Waals surface area (Å²) in [5, 5.41) is -0.0605. The fourth-order valence-corrected chi connectivity index (χ4v) is 1.65. The molecule has 1 aromatic heterocycles. The van der Waals surface area contributed by atoms with Crippen molar-refractivity contribution in [3.05, 3.63) is 53.1 Å². The van der Waals surface area contributed by atoms with Gasteiger partial charge in [0.2, 0.25) is 0 Å². The van der Waals surface area contributed by atoms with Crippen LogP contribution in [0.5, 0.6) is 0 Å². The number of hydrogen-bond donors (Lipinski definition) is 0. The van der Waals surface area contributed by atoms with Gasteiger partial charge in [0.05, 0.1) is 5.56 Å². The lowest BCUT2D eigenvalue weighted by Crippen LogP contribution is -2.05. The van der Waals surface area contributed by atoms with Crippen LogP contribution >= 0.6 is 11.6 Å². The van der Waals surface area contributed by atoms with Crippen molar-refractivity contribution in [3.63, 3.8) is 0 Å². The molecule has 1 aromatic carbocycles. The molecule has 0 fully saturated rings. The zero-order valence-corrected chi connectivity index (χ0v) is 9.56. The first-order chi connectivity index (χ1) is 8.38. The Kier molecular flexibility index (Phi) is 3.26. The Morgan fingerprint density at radius 3 is 2.22 bits per heavy atom. The first kappa shape index (κ1) is 12.8. The molecule has 1 nitrogen and oxygen atoms in total. The van der Waals surface area contributed by atoms with Crippen molar-refractivity contribution in [1.82, 2.24) is 4.98 Å². The molecule has 2 rings (SSSR count). The Balaban J connectivity index is 2.53. The predicted octanol–water partition coefficient (Wildman–Crippen LogP) is 4.56. The minimum atomic E-state index is -4.49. The van der Waals surface area contributed by atoms with Crippen LogP contribution in [0.2, 0.25) is 5.15 Å². The fraction of sp³-hybridized carbons (Fsp3) is 0.0833. The average Bonchev–Trinajstić information content (AvgIpc) is 2.29. The van der Waals surface area contributed by atoms with E-state index in [4.69, 9.17) is 11.6 Å². The lowest BCUT2D eigenvalue weighted by atomic mass is 10.1. The van der Waals surface area contributed by atoms with E-state index in [0.717, 1.165) is 18.2 Å². The molecule has 0 radical (unpaired) electrons. The van der Waals surface area contributed by atoms with Crippen molar-refractivity contribution >= 4 is 11.6 Å². The highest BCUT2D eigenvalue weighted by molar-refractivity contribution is 6.32. The first-order valence-electron chi connectivity index (χ1n) is 4.86.